The minimum absolute atomic E-state index is 0.161. The first-order valence-electron chi connectivity index (χ1n) is 6.38. The molecular weight excluding hydrogens is 187 g/mol. The second kappa shape index (κ2) is 5.14. The molecule has 15 heavy (non-hydrogen) atoms. The van der Waals surface area contributed by atoms with E-state index < -0.39 is 6.17 Å². The van der Waals surface area contributed by atoms with Crippen LogP contribution in [0, 0.1) is 11.3 Å². The third-order valence-corrected chi connectivity index (χ3v) is 4.07. The highest BCUT2D eigenvalue weighted by Gasteiger charge is 2.39. The molecule has 0 aromatic heterocycles. The van der Waals surface area contributed by atoms with E-state index >= 15 is 0 Å². The van der Waals surface area contributed by atoms with Gasteiger partial charge in [-0.25, -0.2) is 4.39 Å². The van der Waals surface area contributed by atoms with E-state index in [4.69, 9.17) is 0 Å². The van der Waals surface area contributed by atoms with Crippen molar-refractivity contribution in [1.29, 1.82) is 0 Å². The maximum absolute atomic E-state index is 13.8. The molecule has 0 saturated carbocycles. The van der Waals surface area contributed by atoms with E-state index in [0.29, 0.717) is 6.42 Å². The van der Waals surface area contributed by atoms with E-state index in [1.807, 2.05) is 6.92 Å². The molecule has 3 atom stereocenters. The highest BCUT2D eigenvalue weighted by molar-refractivity contribution is 5.17. The van der Waals surface area contributed by atoms with Crippen molar-refractivity contribution < 1.29 is 4.39 Å². The van der Waals surface area contributed by atoms with Crippen LogP contribution in [0.2, 0.25) is 0 Å². The molecule has 0 radical (unpaired) electrons. The molecule has 0 amide bonds. The smallest absolute Gasteiger partial charge is 0.103 e. The lowest BCUT2D eigenvalue weighted by molar-refractivity contribution is 0.111. The van der Waals surface area contributed by atoms with Crippen LogP contribution in [0.3, 0.4) is 0 Å². The second-order valence-corrected chi connectivity index (χ2v) is 5.19. The maximum atomic E-state index is 13.8. The quantitative estimate of drug-likeness (QED) is 0.569. The number of rotatable bonds is 5. The molecule has 0 spiro atoms. The van der Waals surface area contributed by atoms with E-state index in [1.165, 1.54) is 12.0 Å². The third kappa shape index (κ3) is 2.62. The van der Waals surface area contributed by atoms with Crippen LogP contribution >= 0.6 is 0 Å². The van der Waals surface area contributed by atoms with Crippen LogP contribution in [0.1, 0.15) is 59.8 Å². The fourth-order valence-corrected chi connectivity index (χ4v) is 3.03. The minimum Gasteiger partial charge on any atom is -0.247 e. The highest BCUT2D eigenvalue weighted by atomic mass is 19.1. The average Bonchev–Trinajstić information content (AvgIpc) is 2.59. The van der Waals surface area contributed by atoms with E-state index in [-0.39, 0.29) is 11.3 Å². The van der Waals surface area contributed by atoms with Crippen molar-refractivity contribution in [3.05, 3.63) is 11.6 Å². The zero-order chi connectivity index (χ0) is 11.5. The Morgan fingerprint density at radius 1 is 1.47 bits per heavy atom. The van der Waals surface area contributed by atoms with Gasteiger partial charge in [0, 0.05) is 0 Å². The molecular formula is C14H25F. The molecule has 0 nitrogen and oxygen atoms in total. The van der Waals surface area contributed by atoms with Gasteiger partial charge >= 0.3 is 0 Å². The summed E-state index contributed by atoms with van der Waals surface area (Å²) in [6, 6.07) is 0. The Kier molecular flexibility index (Phi) is 4.36. The summed E-state index contributed by atoms with van der Waals surface area (Å²) >= 11 is 0. The van der Waals surface area contributed by atoms with E-state index in [2.05, 4.69) is 26.8 Å². The Morgan fingerprint density at radius 3 is 2.53 bits per heavy atom. The van der Waals surface area contributed by atoms with Crippen molar-refractivity contribution in [3.63, 3.8) is 0 Å². The molecule has 1 aliphatic rings. The lowest BCUT2D eigenvalue weighted by atomic mass is 9.70. The molecule has 0 bridgehead atoms. The van der Waals surface area contributed by atoms with Gasteiger partial charge in [-0.2, -0.15) is 0 Å². The maximum Gasteiger partial charge on any atom is 0.103 e. The first-order valence-corrected chi connectivity index (χ1v) is 6.38. The largest absolute Gasteiger partial charge is 0.247 e. The second-order valence-electron chi connectivity index (χ2n) is 5.19. The van der Waals surface area contributed by atoms with Crippen molar-refractivity contribution in [2.75, 3.05) is 0 Å². The fraction of sp³-hybridized carbons (Fsp3) is 0.857. The predicted octanol–water partition coefficient (Wildman–Crippen LogP) is 4.90. The van der Waals surface area contributed by atoms with Gasteiger partial charge in [0.25, 0.3) is 0 Å². The van der Waals surface area contributed by atoms with Crippen molar-refractivity contribution in [2.45, 2.75) is 66.0 Å². The van der Waals surface area contributed by atoms with Crippen LogP contribution in [-0.4, -0.2) is 6.17 Å². The van der Waals surface area contributed by atoms with Gasteiger partial charge in [-0.1, -0.05) is 38.8 Å². The van der Waals surface area contributed by atoms with Crippen molar-refractivity contribution in [3.8, 4) is 0 Å². The van der Waals surface area contributed by atoms with Crippen LogP contribution < -0.4 is 0 Å². The van der Waals surface area contributed by atoms with Gasteiger partial charge in [-0.15, -0.1) is 0 Å². The van der Waals surface area contributed by atoms with Gasteiger partial charge in [-0.3, -0.25) is 0 Å². The summed E-state index contributed by atoms with van der Waals surface area (Å²) in [5.41, 5.74) is 1.62. The zero-order valence-corrected chi connectivity index (χ0v) is 10.6. The van der Waals surface area contributed by atoms with Gasteiger partial charge in [0.1, 0.15) is 6.17 Å². The molecule has 0 fully saturated rings. The number of hydrogen-bond acceptors (Lipinski definition) is 0. The summed E-state index contributed by atoms with van der Waals surface area (Å²) in [4.78, 5) is 0. The van der Waals surface area contributed by atoms with Crippen LogP contribution in [0.15, 0.2) is 11.6 Å². The molecule has 1 rings (SSSR count). The predicted molar refractivity (Wildman–Crippen MR) is 64.7 cm³/mol. The SMILES string of the molecule is CCC[C@@]1([C@H](C)[C@H](F)CC)C=C(C)CC1. The molecule has 1 heteroatoms. The third-order valence-electron chi connectivity index (χ3n) is 4.07. The van der Waals surface area contributed by atoms with Crippen LogP contribution in [0.4, 0.5) is 4.39 Å². The summed E-state index contributed by atoms with van der Waals surface area (Å²) in [5, 5.41) is 0. The van der Waals surface area contributed by atoms with Crippen molar-refractivity contribution in [1.82, 2.24) is 0 Å². The molecule has 0 aliphatic heterocycles. The zero-order valence-electron chi connectivity index (χ0n) is 10.6. The summed E-state index contributed by atoms with van der Waals surface area (Å²) in [5.74, 6) is 0.180. The highest BCUT2D eigenvalue weighted by Crippen LogP contribution is 2.47. The summed E-state index contributed by atoms with van der Waals surface area (Å²) in [6.07, 6.45) is 7.01. The Morgan fingerprint density at radius 2 is 2.13 bits per heavy atom. The monoisotopic (exact) mass is 212 g/mol. The van der Waals surface area contributed by atoms with Gasteiger partial charge in [0.05, 0.1) is 0 Å². The summed E-state index contributed by atoms with van der Waals surface area (Å²) in [6.45, 7) is 8.43. The number of halogens is 1. The normalized spacial score (nSPS) is 30.1. The molecule has 88 valence electrons. The van der Waals surface area contributed by atoms with E-state index in [9.17, 15) is 4.39 Å². The Balaban J connectivity index is 2.82. The standard InChI is InChI=1S/C14H25F/c1-5-8-14(9-7-11(3)10-14)12(4)13(15)6-2/h10,12-13H,5-9H2,1-4H3/t12-,13-,14+/m1/s1. The first-order chi connectivity index (χ1) is 7.05. The van der Waals surface area contributed by atoms with Crippen molar-refractivity contribution in [2.24, 2.45) is 11.3 Å². The van der Waals surface area contributed by atoms with Gasteiger partial charge in [-0.05, 0) is 43.9 Å². The summed E-state index contributed by atoms with van der Waals surface area (Å²) in [7, 11) is 0. The van der Waals surface area contributed by atoms with Gasteiger partial charge < -0.3 is 0 Å². The minimum atomic E-state index is -0.640. The number of allylic oxidation sites excluding steroid dienone is 2. The van der Waals surface area contributed by atoms with Crippen molar-refractivity contribution >= 4 is 0 Å². The lowest BCUT2D eigenvalue weighted by Crippen LogP contribution is -2.31. The first kappa shape index (κ1) is 12.7. The Hall–Kier alpha value is -0.330. The number of hydrogen-bond donors (Lipinski definition) is 0. The van der Waals surface area contributed by atoms with E-state index in [0.717, 1.165) is 19.3 Å². The molecule has 0 heterocycles. The molecule has 0 aromatic rings. The van der Waals surface area contributed by atoms with Gasteiger partial charge in [0.2, 0.25) is 0 Å². The molecule has 0 unspecified atom stereocenters. The van der Waals surface area contributed by atoms with Crippen LogP contribution in [0.25, 0.3) is 0 Å². The lowest BCUT2D eigenvalue weighted by Gasteiger charge is -2.35. The summed E-state index contributed by atoms with van der Waals surface area (Å²) < 4.78 is 13.8. The van der Waals surface area contributed by atoms with Crippen LogP contribution in [-0.2, 0) is 0 Å². The molecule has 1 aliphatic carbocycles. The molecule has 0 saturated heterocycles. The topological polar surface area (TPSA) is 0 Å². The number of alkyl halides is 1. The van der Waals surface area contributed by atoms with Crippen LogP contribution in [0.5, 0.6) is 0 Å². The molecule has 0 N–H and O–H groups in total. The Bertz CT molecular complexity index is 231. The van der Waals surface area contributed by atoms with Gasteiger partial charge in [0.15, 0.2) is 0 Å². The molecule has 0 aromatic carbocycles. The fourth-order valence-electron chi connectivity index (χ4n) is 3.03. The Labute approximate surface area is 94.0 Å². The average molecular weight is 212 g/mol. The van der Waals surface area contributed by atoms with E-state index in [1.54, 1.807) is 0 Å².